The van der Waals surface area contributed by atoms with Crippen LogP contribution >= 0.6 is 0 Å². The fourth-order valence-electron chi connectivity index (χ4n) is 1.75. The van der Waals surface area contributed by atoms with Crippen molar-refractivity contribution >= 4 is 17.8 Å². The van der Waals surface area contributed by atoms with Gasteiger partial charge in [-0.25, -0.2) is 4.79 Å². The lowest BCUT2D eigenvalue weighted by Gasteiger charge is -2.04. The van der Waals surface area contributed by atoms with Gasteiger partial charge in [0, 0.05) is 5.56 Å². The Labute approximate surface area is 129 Å². The summed E-state index contributed by atoms with van der Waals surface area (Å²) in [4.78, 5) is 22.9. The van der Waals surface area contributed by atoms with E-state index in [1.807, 2.05) is 18.2 Å². The zero-order chi connectivity index (χ0) is 15.8. The average molecular weight is 296 g/mol. The molecule has 2 aromatic rings. The Morgan fingerprint density at radius 3 is 2.32 bits per heavy atom. The Morgan fingerprint density at radius 2 is 1.68 bits per heavy atom. The first-order valence-corrected chi connectivity index (χ1v) is 6.76. The summed E-state index contributed by atoms with van der Waals surface area (Å²) >= 11 is 0. The van der Waals surface area contributed by atoms with Crippen LogP contribution < -0.4 is 4.74 Å². The van der Waals surface area contributed by atoms with Gasteiger partial charge in [-0.05, 0) is 23.8 Å². The van der Waals surface area contributed by atoms with E-state index in [0.29, 0.717) is 11.3 Å². The van der Waals surface area contributed by atoms with E-state index in [-0.39, 0.29) is 12.4 Å². The Balaban J connectivity index is 1.95. The third-order valence-corrected chi connectivity index (χ3v) is 2.95. The highest BCUT2D eigenvalue weighted by Crippen LogP contribution is 2.13. The molecular formula is C18H16O4. The van der Waals surface area contributed by atoms with Gasteiger partial charge in [-0.1, -0.05) is 48.5 Å². The first kappa shape index (κ1) is 15.5. The van der Waals surface area contributed by atoms with E-state index in [1.165, 1.54) is 13.2 Å². The predicted octanol–water partition coefficient (Wildman–Crippen LogP) is 3.13. The van der Waals surface area contributed by atoms with Crippen LogP contribution in [0, 0.1) is 0 Å². The van der Waals surface area contributed by atoms with Gasteiger partial charge in [0.1, 0.15) is 5.75 Å². The SMILES string of the molecule is COC(=O)COc1ccc(C=CC(=O)c2ccccc2)cc1. The monoisotopic (exact) mass is 296 g/mol. The number of ketones is 1. The normalized spacial score (nSPS) is 10.4. The Bertz CT molecular complexity index is 657. The number of ether oxygens (including phenoxy) is 2. The molecule has 0 saturated carbocycles. The molecule has 0 radical (unpaired) electrons. The molecule has 0 bridgehead atoms. The molecule has 0 aromatic heterocycles. The van der Waals surface area contributed by atoms with Crippen molar-refractivity contribution in [1.29, 1.82) is 0 Å². The summed E-state index contributed by atoms with van der Waals surface area (Å²) < 4.78 is 9.73. The zero-order valence-electron chi connectivity index (χ0n) is 12.2. The fourth-order valence-corrected chi connectivity index (χ4v) is 1.75. The molecule has 0 heterocycles. The van der Waals surface area contributed by atoms with E-state index in [0.717, 1.165) is 5.56 Å². The third-order valence-electron chi connectivity index (χ3n) is 2.95. The molecule has 2 rings (SSSR count). The molecule has 0 fully saturated rings. The molecule has 2 aromatic carbocycles. The summed E-state index contributed by atoms with van der Waals surface area (Å²) in [5, 5.41) is 0. The first-order chi connectivity index (χ1) is 10.7. The van der Waals surface area contributed by atoms with Crippen molar-refractivity contribution in [3.05, 3.63) is 71.8 Å². The fraction of sp³-hybridized carbons (Fsp3) is 0.111. The second-order valence-electron chi connectivity index (χ2n) is 4.50. The van der Waals surface area contributed by atoms with E-state index in [4.69, 9.17) is 4.74 Å². The number of allylic oxidation sites excluding steroid dienone is 1. The summed E-state index contributed by atoms with van der Waals surface area (Å²) in [5.74, 6) is 0.0842. The first-order valence-electron chi connectivity index (χ1n) is 6.76. The van der Waals surface area contributed by atoms with E-state index in [1.54, 1.807) is 42.5 Å². The lowest BCUT2D eigenvalue weighted by atomic mass is 10.1. The molecule has 0 unspecified atom stereocenters. The number of benzene rings is 2. The highest BCUT2D eigenvalue weighted by molar-refractivity contribution is 6.06. The molecule has 4 heteroatoms. The topological polar surface area (TPSA) is 52.6 Å². The van der Waals surface area contributed by atoms with Crippen LogP contribution in [-0.2, 0) is 9.53 Å². The summed E-state index contributed by atoms with van der Waals surface area (Å²) in [6, 6.07) is 16.2. The van der Waals surface area contributed by atoms with Gasteiger partial charge in [-0.2, -0.15) is 0 Å². The van der Waals surface area contributed by atoms with Gasteiger partial charge < -0.3 is 9.47 Å². The van der Waals surface area contributed by atoms with Crippen molar-refractivity contribution < 1.29 is 19.1 Å². The average Bonchev–Trinajstić information content (AvgIpc) is 2.59. The Hall–Kier alpha value is -2.88. The molecule has 0 N–H and O–H groups in total. The van der Waals surface area contributed by atoms with Crippen LogP contribution in [0.3, 0.4) is 0 Å². The van der Waals surface area contributed by atoms with Gasteiger partial charge in [0.15, 0.2) is 12.4 Å². The van der Waals surface area contributed by atoms with E-state index in [2.05, 4.69) is 4.74 Å². The van der Waals surface area contributed by atoms with Gasteiger partial charge >= 0.3 is 5.97 Å². The van der Waals surface area contributed by atoms with Gasteiger partial charge in [0.05, 0.1) is 7.11 Å². The minimum atomic E-state index is -0.433. The van der Waals surface area contributed by atoms with E-state index in [9.17, 15) is 9.59 Å². The van der Waals surface area contributed by atoms with Crippen LogP contribution in [0.25, 0.3) is 6.08 Å². The number of hydrogen-bond donors (Lipinski definition) is 0. The number of carbonyl (C=O) groups excluding carboxylic acids is 2. The largest absolute Gasteiger partial charge is 0.482 e. The van der Waals surface area contributed by atoms with E-state index >= 15 is 0 Å². The maximum atomic E-state index is 11.9. The van der Waals surface area contributed by atoms with Crippen LogP contribution in [-0.4, -0.2) is 25.5 Å². The van der Waals surface area contributed by atoms with Crippen molar-refractivity contribution in [1.82, 2.24) is 0 Å². The lowest BCUT2D eigenvalue weighted by Crippen LogP contribution is -2.12. The van der Waals surface area contributed by atoms with Crippen molar-refractivity contribution in [3.63, 3.8) is 0 Å². The van der Waals surface area contributed by atoms with Crippen LogP contribution in [0.4, 0.5) is 0 Å². The third kappa shape index (κ3) is 4.59. The van der Waals surface area contributed by atoms with Gasteiger partial charge in [0.25, 0.3) is 0 Å². The molecule has 0 aliphatic heterocycles. The molecule has 0 aliphatic carbocycles. The highest BCUT2D eigenvalue weighted by atomic mass is 16.6. The van der Waals surface area contributed by atoms with Crippen molar-refractivity contribution in [2.75, 3.05) is 13.7 Å². The molecule has 22 heavy (non-hydrogen) atoms. The highest BCUT2D eigenvalue weighted by Gasteiger charge is 2.02. The predicted molar refractivity (Wildman–Crippen MR) is 83.8 cm³/mol. The summed E-state index contributed by atoms with van der Waals surface area (Å²) in [7, 11) is 1.31. The quantitative estimate of drug-likeness (QED) is 0.467. The second kappa shape index (κ2) is 7.78. The van der Waals surface area contributed by atoms with Gasteiger partial charge in [-0.3, -0.25) is 4.79 Å². The number of rotatable bonds is 6. The molecule has 0 amide bonds. The van der Waals surface area contributed by atoms with Gasteiger partial charge in [-0.15, -0.1) is 0 Å². The maximum Gasteiger partial charge on any atom is 0.343 e. The molecular weight excluding hydrogens is 280 g/mol. The number of hydrogen-bond acceptors (Lipinski definition) is 4. The second-order valence-corrected chi connectivity index (χ2v) is 4.50. The van der Waals surface area contributed by atoms with Crippen LogP contribution in [0.1, 0.15) is 15.9 Å². The lowest BCUT2D eigenvalue weighted by molar-refractivity contribution is -0.142. The summed E-state index contributed by atoms with van der Waals surface area (Å²) in [6.07, 6.45) is 3.26. The summed E-state index contributed by atoms with van der Waals surface area (Å²) in [6.45, 7) is -0.127. The molecule has 0 atom stereocenters. The molecule has 4 nitrogen and oxygen atoms in total. The number of carbonyl (C=O) groups is 2. The molecule has 0 saturated heterocycles. The zero-order valence-corrected chi connectivity index (χ0v) is 12.2. The van der Waals surface area contributed by atoms with Crippen LogP contribution in [0.2, 0.25) is 0 Å². The summed E-state index contributed by atoms with van der Waals surface area (Å²) in [5.41, 5.74) is 1.52. The minimum absolute atomic E-state index is 0.0494. The van der Waals surface area contributed by atoms with Crippen molar-refractivity contribution in [2.45, 2.75) is 0 Å². The molecule has 112 valence electrons. The van der Waals surface area contributed by atoms with Crippen molar-refractivity contribution in [3.8, 4) is 5.75 Å². The minimum Gasteiger partial charge on any atom is -0.482 e. The van der Waals surface area contributed by atoms with Gasteiger partial charge in [0.2, 0.25) is 0 Å². The number of methoxy groups -OCH3 is 1. The Morgan fingerprint density at radius 1 is 1.00 bits per heavy atom. The van der Waals surface area contributed by atoms with Crippen LogP contribution in [0.5, 0.6) is 5.75 Å². The molecule has 0 aliphatic rings. The molecule has 0 spiro atoms. The standard InChI is InChI=1S/C18H16O4/c1-21-18(20)13-22-16-10-7-14(8-11-16)9-12-17(19)15-5-3-2-4-6-15/h2-12H,13H2,1H3. The number of esters is 1. The maximum absolute atomic E-state index is 11.9. The Kier molecular flexibility index (Phi) is 5.49. The van der Waals surface area contributed by atoms with Crippen molar-refractivity contribution in [2.24, 2.45) is 0 Å². The van der Waals surface area contributed by atoms with E-state index < -0.39 is 5.97 Å². The smallest absolute Gasteiger partial charge is 0.343 e. The van der Waals surface area contributed by atoms with Crippen LogP contribution in [0.15, 0.2) is 60.7 Å².